The van der Waals surface area contributed by atoms with Crippen LogP contribution in [-0.2, 0) is 0 Å². The minimum absolute atomic E-state index is 0.210. The van der Waals surface area contributed by atoms with Gasteiger partial charge in [-0.3, -0.25) is 0 Å². The third kappa shape index (κ3) is 2.06. The number of benzene rings is 1. The predicted octanol–water partition coefficient (Wildman–Crippen LogP) is 2.31. The van der Waals surface area contributed by atoms with Crippen LogP contribution in [0.4, 0.5) is 5.82 Å². The number of phenols is 1. The normalized spacial score (nSPS) is 14.8. The maximum absolute atomic E-state index is 9.45. The molecule has 3 rings (SSSR count). The van der Waals surface area contributed by atoms with E-state index >= 15 is 0 Å². The van der Waals surface area contributed by atoms with Gasteiger partial charge in [-0.15, -0.1) is 0 Å². The maximum atomic E-state index is 9.45. The third-order valence-electron chi connectivity index (χ3n) is 2.87. The van der Waals surface area contributed by atoms with E-state index in [2.05, 4.69) is 9.97 Å². The van der Waals surface area contributed by atoms with Crippen LogP contribution in [-0.4, -0.2) is 15.1 Å². The molecule has 1 aromatic carbocycles. The number of anilines is 1. The van der Waals surface area contributed by atoms with Crippen LogP contribution < -0.4 is 5.73 Å². The molecule has 0 bridgehead atoms. The Kier molecular flexibility index (Phi) is 2.21. The summed E-state index contributed by atoms with van der Waals surface area (Å²) in [5, 5.41) is 9.45. The van der Waals surface area contributed by atoms with E-state index in [-0.39, 0.29) is 5.75 Å². The van der Waals surface area contributed by atoms with Gasteiger partial charge < -0.3 is 10.8 Å². The molecule has 1 fully saturated rings. The number of hydrogen-bond donors (Lipinski definition) is 2. The lowest BCUT2D eigenvalue weighted by molar-refractivity contribution is 0.475. The molecule has 0 saturated heterocycles. The van der Waals surface area contributed by atoms with Crippen LogP contribution in [0, 0.1) is 0 Å². The predicted molar refractivity (Wildman–Crippen MR) is 65.5 cm³/mol. The van der Waals surface area contributed by atoms with Gasteiger partial charge in [-0.05, 0) is 25.0 Å². The van der Waals surface area contributed by atoms with Gasteiger partial charge in [0.15, 0.2) is 5.82 Å². The van der Waals surface area contributed by atoms with Crippen molar-refractivity contribution in [1.82, 2.24) is 9.97 Å². The highest BCUT2D eigenvalue weighted by Gasteiger charge is 2.26. The fraction of sp³-hybridized carbons (Fsp3) is 0.231. The summed E-state index contributed by atoms with van der Waals surface area (Å²) >= 11 is 0. The van der Waals surface area contributed by atoms with Crippen molar-refractivity contribution in [1.29, 1.82) is 0 Å². The molecule has 1 saturated carbocycles. The average molecular weight is 227 g/mol. The summed E-state index contributed by atoms with van der Waals surface area (Å²) in [6, 6.07) is 8.74. The van der Waals surface area contributed by atoms with Crippen molar-refractivity contribution in [3.8, 4) is 17.1 Å². The summed E-state index contributed by atoms with van der Waals surface area (Å²) in [6.45, 7) is 0. The van der Waals surface area contributed by atoms with Crippen LogP contribution in [0.1, 0.15) is 24.5 Å². The van der Waals surface area contributed by atoms with Crippen LogP contribution in [0.2, 0.25) is 0 Å². The first-order chi connectivity index (χ1) is 8.22. The van der Waals surface area contributed by atoms with Gasteiger partial charge in [-0.25, -0.2) is 9.97 Å². The van der Waals surface area contributed by atoms with Crippen molar-refractivity contribution in [2.45, 2.75) is 18.8 Å². The fourth-order valence-electron chi connectivity index (χ4n) is 1.85. The van der Waals surface area contributed by atoms with Crippen molar-refractivity contribution in [3.05, 3.63) is 36.0 Å². The van der Waals surface area contributed by atoms with E-state index in [1.807, 2.05) is 12.1 Å². The number of aromatic nitrogens is 2. The van der Waals surface area contributed by atoms with E-state index in [4.69, 9.17) is 5.73 Å². The van der Waals surface area contributed by atoms with E-state index in [0.29, 0.717) is 17.6 Å². The summed E-state index contributed by atoms with van der Waals surface area (Å²) in [4.78, 5) is 8.72. The molecule has 2 aromatic rings. The molecule has 0 atom stereocenters. The quantitative estimate of drug-likeness (QED) is 0.825. The van der Waals surface area contributed by atoms with E-state index in [1.165, 1.54) is 12.8 Å². The molecule has 0 aliphatic heterocycles. The zero-order valence-electron chi connectivity index (χ0n) is 9.30. The number of nitrogens with zero attached hydrogens (tertiary/aromatic N) is 2. The zero-order valence-corrected chi connectivity index (χ0v) is 9.30. The Labute approximate surface area is 99.2 Å². The summed E-state index contributed by atoms with van der Waals surface area (Å²) in [5.41, 5.74) is 7.59. The van der Waals surface area contributed by atoms with Crippen molar-refractivity contribution in [3.63, 3.8) is 0 Å². The molecule has 17 heavy (non-hydrogen) atoms. The van der Waals surface area contributed by atoms with Crippen LogP contribution in [0.3, 0.4) is 0 Å². The Bertz CT molecular complexity index is 564. The molecule has 1 aromatic heterocycles. The van der Waals surface area contributed by atoms with Gasteiger partial charge in [-0.1, -0.05) is 12.1 Å². The first-order valence-corrected chi connectivity index (χ1v) is 5.66. The highest BCUT2D eigenvalue weighted by molar-refractivity contribution is 5.59. The molecule has 1 heterocycles. The van der Waals surface area contributed by atoms with E-state index < -0.39 is 0 Å². The second-order valence-electron chi connectivity index (χ2n) is 4.37. The number of nitrogen functional groups attached to an aromatic ring is 1. The number of hydrogen-bond acceptors (Lipinski definition) is 4. The second-order valence-corrected chi connectivity index (χ2v) is 4.37. The van der Waals surface area contributed by atoms with Gasteiger partial charge >= 0.3 is 0 Å². The van der Waals surface area contributed by atoms with Gasteiger partial charge in [0.2, 0.25) is 0 Å². The standard InChI is InChI=1S/C13H13N3O/c14-12-7-11(8-4-5-8)15-13(16-12)9-2-1-3-10(17)6-9/h1-3,6-8,17H,4-5H2,(H2,14,15,16). The SMILES string of the molecule is Nc1cc(C2CC2)nc(-c2cccc(O)c2)n1. The Morgan fingerprint density at radius 1 is 1.18 bits per heavy atom. The minimum Gasteiger partial charge on any atom is -0.508 e. The molecular formula is C13H13N3O. The van der Waals surface area contributed by atoms with Crippen LogP contribution in [0.25, 0.3) is 11.4 Å². The third-order valence-corrected chi connectivity index (χ3v) is 2.87. The van der Waals surface area contributed by atoms with Gasteiger partial charge in [0.1, 0.15) is 11.6 Å². The van der Waals surface area contributed by atoms with Gasteiger partial charge in [0.05, 0.1) is 0 Å². The first kappa shape index (κ1) is 10.1. The lowest BCUT2D eigenvalue weighted by Gasteiger charge is -2.05. The fourth-order valence-corrected chi connectivity index (χ4v) is 1.85. The van der Waals surface area contributed by atoms with Gasteiger partial charge in [-0.2, -0.15) is 0 Å². The average Bonchev–Trinajstić information content (AvgIpc) is 3.12. The van der Waals surface area contributed by atoms with Crippen molar-refractivity contribution >= 4 is 5.82 Å². The van der Waals surface area contributed by atoms with E-state index in [9.17, 15) is 5.11 Å². The minimum atomic E-state index is 0.210. The molecule has 0 unspecified atom stereocenters. The summed E-state index contributed by atoms with van der Waals surface area (Å²) in [7, 11) is 0. The number of phenolic OH excluding ortho intramolecular Hbond substituents is 1. The lowest BCUT2D eigenvalue weighted by Crippen LogP contribution is -1.99. The molecular weight excluding hydrogens is 214 g/mol. The maximum Gasteiger partial charge on any atom is 0.161 e. The van der Waals surface area contributed by atoms with Crippen LogP contribution in [0.5, 0.6) is 5.75 Å². The smallest absolute Gasteiger partial charge is 0.161 e. The van der Waals surface area contributed by atoms with Crippen molar-refractivity contribution < 1.29 is 5.11 Å². The number of rotatable bonds is 2. The number of nitrogens with two attached hydrogens (primary N) is 1. The number of aromatic hydroxyl groups is 1. The summed E-state index contributed by atoms with van der Waals surface area (Å²) in [6.07, 6.45) is 2.35. The Balaban J connectivity index is 2.07. The summed E-state index contributed by atoms with van der Waals surface area (Å²) in [5.74, 6) is 1.82. The van der Waals surface area contributed by atoms with E-state index in [1.54, 1.807) is 18.2 Å². The molecule has 1 aliphatic carbocycles. The molecule has 0 spiro atoms. The summed E-state index contributed by atoms with van der Waals surface area (Å²) < 4.78 is 0. The monoisotopic (exact) mass is 227 g/mol. The molecule has 3 N–H and O–H groups in total. The van der Waals surface area contributed by atoms with Gasteiger partial charge in [0, 0.05) is 23.2 Å². The van der Waals surface area contributed by atoms with Gasteiger partial charge in [0.25, 0.3) is 0 Å². The first-order valence-electron chi connectivity index (χ1n) is 5.66. The van der Waals surface area contributed by atoms with Crippen molar-refractivity contribution in [2.75, 3.05) is 5.73 Å². The molecule has 86 valence electrons. The topological polar surface area (TPSA) is 72.0 Å². The van der Waals surface area contributed by atoms with Crippen molar-refractivity contribution in [2.24, 2.45) is 0 Å². The van der Waals surface area contributed by atoms with Crippen LogP contribution >= 0.6 is 0 Å². The Morgan fingerprint density at radius 2 is 2.00 bits per heavy atom. The highest BCUT2D eigenvalue weighted by Crippen LogP contribution is 2.39. The van der Waals surface area contributed by atoms with Crippen LogP contribution in [0.15, 0.2) is 30.3 Å². The Morgan fingerprint density at radius 3 is 2.71 bits per heavy atom. The highest BCUT2D eigenvalue weighted by atomic mass is 16.3. The second kappa shape index (κ2) is 3.73. The zero-order chi connectivity index (χ0) is 11.8. The molecule has 0 radical (unpaired) electrons. The largest absolute Gasteiger partial charge is 0.508 e. The molecule has 1 aliphatic rings. The molecule has 0 amide bonds. The Hall–Kier alpha value is -2.10. The lowest BCUT2D eigenvalue weighted by atomic mass is 10.2. The van der Waals surface area contributed by atoms with E-state index in [0.717, 1.165) is 11.3 Å². The molecule has 4 heteroatoms. The molecule has 4 nitrogen and oxygen atoms in total.